The van der Waals surface area contributed by atoms with Gasteiger partial charge >= 0.3 is 0 Å². The molecule has 0 bridgehead atoms. The molecule has 1 amide bonds. The number of hydrogen-bond acceptors (Lipinski definition) is 4. The Kier molecular flexibility index (Phi) is 5.04. The van der Waals surface area contributed by atoms with Crippen LogP contribution in [0.2, 0.25) is 0 Å². The standard InChI is InChI=1S/C16H21N3O3/c1-5-6-12-9-13(19(2)18-12)16(20)17-11-7-8-14(21-3)15(10-11)22-4/h7-10H,5-6H2,1-4H3,(H,17,20). The lowest BCUT2D eigenvalue weighted by molar-refractivity contribution is 0.101. The van der Waals surface area contributed by atoms with Crippen molar-refractivity contribution in [2.24, 2.45) is 7.05 Å². The fourth-order valence-corrected chi connectivity index (χ4v) is 2.23. The van der Waals surface area contributed by atoms with Crippen molar-refractivity contribution in [1.29, 1.82) is 0 Å². The molecule has 1 aromatic carbocycles. The number of aryl methyl sites for hydroxylation is 2. The Balaban J connectivity index is 2.18. The molecule has 1 heterocycles. The molecule has 1 N–H and O–H groups in total. The summed E-state index contributed by atoms with van der Waals surface area (Å²) in [5, 5.41) is 7.18. The topological polar surface area (TPSA) is 65.4 Å². The van der Waals surface area contributed by atoms with E-state index in [1.165, 1.54) is 0 Å². The Morgan fingerprint density at radius 1 is 1.23 bits per heavy atom. The first-order chi connectivity index (χ1) is 10.6. The highest BCUT2D eigenvalue weighted by atomic mass is 16.5. The number of carbonyl (C=O) groups is 1. The smallest absolute Gasteiger partial charge is 0.273 e. The van der Waals surface area contributed by atoms with E-state index in [1.54, 1.807) is 44.1 Å². The first-order valence-electron chi connectivity index (χ1n) is 7.15. The Morgan fingerprint density at radius 2 is 1.95 bits per heavy atom. The van der Waals surface area contributed by atoms with Gasteiger partial charge in [-0.1, -0.05) is 13.3 Å². The SMILES string of the molecule is CCCc1cc(C(=O)Nc2ccc(OC)c(OC)c2)n(C)n1. The van der Waals surface area contributed by atoms with E-state index in [1.807, 2.05) is 6.07 Å². The second kappa shape index (κ2) is 6.98. The number of anilines is 1. The van der Waals surface area contributed by atoms with Gasteiger partial charge < -0.3 is 14.8 Å². The zero-order valence-corrected chi connectivity index (χ0v) is 13.3. The zero-order chi connectivity index (χ0) is 16.1. The van der Waals surface area contributed by atoms with Crippen LogP contribution >= 0.6 is 0 Å². The third kappa shape index (κ3) is 3.39. The molecule has 0 spiro atoms. The lowest BCUT2D eigenvalue weighted by Gasteiger charge is -2.10. The van der Waals surface area contributed by atoms with Crippen molar-refractivity contribution < 1.29 is 14.3 Å². The highest BCUT2D eigenvalue weighted by molar-refractivity contribution is 6.03. The number of nitrogens with zero attached hydrogens (tertiary/aromatic N) is 2. The number of benzene rings is 1. The number of rotatable bonds is 6. The van der Waals surface area contributed by atoms with Crippen molar-refractivity contribution in [3.8, 4) is 11.5 Å². The first-order valence-corrected chi connectivity index (χ1v) is 7.15. The summed E-state index contributed by atoms with van der Waals surface area (Å²) in [6.45, 7) is 2.08. The Bertz CT molecular complexity index is 665. The normalized spacial score (nSPS) is 10.4. The summed E-state index contributed by atoms with van der Waals surface area (Å²) in [5.74, 6) is 0.979. The monoisotopic (exact) mass is 303 g/mol. The maximum atomic E-state index is 12.4. The van der Waals surface area contributed by atoms with Crippen LogP contribution in [0.25, 0.3) is 0 Å². The van der Waals surface area contributed by atoms with E-state index < -0.39 is 0 Å². The summed E-state index contributed by atoms with van der Waals surface area (Å²) in [5.41, 5.74) is 2.08. The minimum atomic E-state index is -0.204. The molecule has 0 unspecified atom stereocenters. The van der Waals surface area contributed by atoms with Crippen molar-refractivity contribution >= 4 is 11.6 Å². The first kappa shape index (κ1) is 15.9. The van der Waals surface area contributed by atoms with Gasteiger partial charge in [-0.3, -0.25) is 9.48 Å². The third-order valence-corrected chi connectivity index (χ3v) is 3.31. The van der Waals surface area contributed by atoms with Crippen LogP contribution in [0.5, 0.6) is 11.5 Å². The summed E-state index contributed by atoms with van der Waals surface area (Å²) < 4.78 is 12.0. The maximum Gasteiger partial charge on any atom is 0.273 e. The van der Waals surface area contributed by atoms with Crippen molar-refractivity contribution in [3.63, 3.8) is 0 Å². The maximum absolute atomic E-state index is 12.4. The van der Waals surface area contributed by atoms with E-state index in [0.29, 0.717) is 22.9 Å². The predicted molar refractivity (Wildman–Crippen MR) is 84.7 cm³/mol. The van der Waals surface area contributed by atoms with E-state index in [-0.39, 0.29) is 5.91 Å². The molecular weight excluding hydrogens is 282 g/mol. The van der Waals surface area contributed by atoms with Crippen LogP contribution in [0.3, 0.4) is 0 Å². The summed E-state index contributed by atoms with van der Waals surface area (Å²) in [6, 6.07) is 7.06. The van der Waals surface area contributed by atoms with Gasteiger partial charge in [-0.2, -0.15) is 5.10 Å². The van der Waals surface area contributed by atoms with Crippen LogP contribution in [-0.2, 0) is 13.5 Å². The average molecular weight is 303 g/mol. The number of hydrogen-bond donors (Lipinski definition) is 1. The van der Waals surface area contributed by atoms with Crippen LogP contribution in [0, 0.1) is 0 Å². The van der Waals surface area contributed by atoms with E-state index in [2.05, 4.69) is 17.3 Å². The number of nitrogens with one attached hydrogen (secondary N) is 1. The molecular formula is C16H21N3O3. The van der Waals surface area contributed by atoms with Crippen LogP contribution in [-0.4, -0.2) is 29.9 Å². The Morgan fingerprint density at radius 3 is 2.59 bits per heavy atom. The molecule has 2 rings (SSSR count). The number of carbonyl (C=O) groups excluding carboxylic acids is 1. The summed E-state index contributed by atoms with van der Waals surface area (Å²) >= 11 is 0. The number of methoxy groups -OCH3 is 2. The van der Waals surface area contributed by atoms with Gasteiger partial charge in [-0.25, -0.2) is 0 Å². The fourth-order valence-electron chi connectivity index (χ4n) is 2.23. The van der Waals surface area contributed by atoms with Gasteiger partial charge in [0.2, 0.25) is 0 Å². The molecule has 0 atom stereocenters. The molecule has 0 aliphatic rings. The molecule has 6 heteroatoms. The molecule has 0 saturated heterocycles. The van der Waals surface area contributed by atoms with Gasteiger partial charge in [0.25, 0.3) is 5.91 Å². The Labute approximate surface area is 130 Å². The van der Waals surface area contributed by atoms with Crippen LogP contribution in [0.15, 0.2) is 24.3 Å². The molecule has 0 aliphatic heterocycles. The van der Waals surface area contributed by atoms with Gasteiger partial charge in [0.05, 0.1) is 19.9 Å². The highest BCUT2D eigenvalue weighted by Gasteiger charge is 2.14. The molecule has 0 aliphatic carbocycles. The molecule has 0 saturated carbocycles. The minimum Gasteiger partial charge on any atom is -0.493 e. The van der Waals surface area contributed by atoms with Crippen LogP contribution < -0.4 is 14.8 Å². The van der Waals surface area contributed by atoms with Crippen LogP contribution in [0.1, 0.15) is 29.5 Å². The molecule has 1 aromatic heterocycles. The van der Waals surface area contributed by atoms with Gasteiger partial charge in [0.15, 0.2) is 11.5 Å². The van der Waals surface area contributed by atoms with Gasteiger partial charge in [-0.05, 0) is 24.6 Å². The second-order valence-corrected chi connectivity index (χ2v) is 4.92. The molecule has 0 radical (unpaired) electrons. The van der Waals surface area contributed by atoms with Crippen molar-refractivity contribution in [2.45, 2.75) is 19.8 Å². The summed E-state index contributed by atoms with van der Waals surface area (Å²) in [7, 11) is 4.89. The summed E-state index contributed by atoms with van der Waals surface area (Å²) in [4.78, 5) is 12.4. The van der Waals surface area contributed by atoms with E-state index in [4.69, 9.17) is 9.47 Å². The van der Waals surface area contributed by atoms with Crippen LogP contribution in [0.4, 0.5) is 5.69 Å². The van der Waals surface area contributed by atoms with E-state index in [0.717, 1.165) is 18.5 Å². The van der Waals surface area contributed by atoms with E-state index >= 15 is 0 Å². The van der Waals surface area contributed by atoms with Gasteiger partial charge in [-0.15, -0.1) is 0 Å². The Hall–Kier alpha value is -2.50. The fraction of sp³-hybridized carbons (Fsp3) is 0.375. The second-order valence-electron chi connectivity index (χ2n) is 4.92. The molecule has 118 valence electrons. The predicted octanol–water partition coefficient (Wildman–Crippen LogP) is 2.64. The number of amides is 1. The van der Waals surface area contributed by atoms with Crippen molar-refractivity contribution in [2.75, 3.05) is 19.5 Å². The molecule has 2 aromatic rings. The largest absolute Gasteiger partial charge is 0.493 e. The number of ether oxygens (including phenoxy) is 2. The quantitative estimate of drug-likeness (QED) is 0.891. The third-order valence-electron chi connectivity index (χ3n) is 3.31. The van der Waals surface area contributed by atoms with E-state index in [9.17, 15) is 4.79 Å². The lowest BCUT2D eigenvalue weighted by atomic mass is 10.2. The van der Waals surface area contributed by atoms with Crippen molar-refractivity contribution in [1.82, 2.24) is 9.78 Å². The molecule has 22 heavy (non-hydrogen) atoms. The van der Waals surface area contributed by atoms with Crippen molar-refractivity contribution in [3.05, 3.63) is 35.7 Å². The summed E-state index contributed by atoms with van der Waals surface area (Å²) in [6.07, 6.45) is 1.85. The molecule has 0 fully saturated rings. The average Bonchev–Trinajstić information content (AvgIpc) is 2.88. The minimum absolute atomic E-state index is 0.204. The van der Waals surface area contributed by atoms with Gasteiger partial charge in [0.1, 0.15) is 5.69 Å². The number of aromatic nitrogens is 2. The zero-order valence-electron chi connectivity index (χ0n) is 13.3. The lowest BCUT2D eigenvalue weighted by Crippen LogP contribution is -2.16. The molecule has 6 nitrogen and oxygen atoms in total. The highest BCUT2D eigenvalue weighted by Crippen LogP contribution is 2.29. The van der Waals surface area contributed by atoms with Gasteiger partial charge in [0, 0.05) is 18.8 Å².